The fourth-order valence-corrected chi connectivity index (χ4v) is 4.66. The smallest absolute Gasteiger partial charge is 0.253 e. The van der Waals surface area contributed by atoms with Gasteiger partial charge in [-0.1, -0.05) is 24.3 Å². The molecule has 0 bridgehead atoms. The van der Waals surface area contributed by atoms with E-state index in [1.165, 1.54) is 31.2 Å². The Morgan fingerprint density at radius 1 is 1.03 bits per heavy atom. The van der Waals surface area contributed by atoms with Crippen molar-refractivity contribution in [3.05, 3.63) is 65.2 Å². The third-order valence-electron chi connectivity index (χ3n) is 5.65. The molecule has 31 heavy (non-hydrogen) atoms. The van der Waals surface area contributed by atoms with Gasteiger partial charge in [-0.05, 0) is 63.7 Å². The lowest BCUT2D eigenvalue weighted by atomic mass is 10.0. The Morgan fingerprint density at radius 2 is 1.65 bits per heavy atom. The van der Waals surface area contributed by atoms with Gasteiger partial charge in [0.05, 0.1) is 4.90 Å². The summed E-state index contributed by atoms with van der Waals surface area (Å²) in [6.07, 6.45) is 2.08. The van der Waals surface area contributed by atoms with E-state index in [-0.39, 0.29) is 23.1 Å². The van der Waals surface area contributed by atoms with E-state index in [1.54, 1.807) is 24.3 Å². The van der Waals surface area contributed by atoms with Gasteiger partial charge in [0.15, 0.2) is 5.78 Å². The lowest BCUT2D eigenvalue weighted by molar-refractivity contribution is 0.0635. The zero-order valence-electron chi connectivity index (χ0n) is 18.2. The number of likely N-dealkylation sites (N-methyl/N-ethyl adjacent to an activating group) is 1. The number of ketones is 1. The maximum absolute atomic E-state index is 12.8. The van der Waals surface area contributed by atoms with Crippen molar-refractivity contribution in [3.63, 3.8) is 0 Å². The van der Waals surface area contributed by atoms with Crippen molar-refractivity contribution in [2.24, 2.45) is 0 Å². The van der Waals surface area contributed by atoms with Crippen LogP contribution in [0.25, 0.3) is 0 Å². The van der Waals surface area contributed by atoms with Crippen molar-refractivity contribution in [2.45, 2.75) is 37.2 Å². The summed E-state index contributed by atoms with van der Waals surface area (Å²) in [4.78, 5) is 28.3. The van der Waals surface area contributed by atoms with Gasteiger partial charge in [-0.2, -0.15) is 0 Å². The predicted molar refractivity (Wildman–Crippen MR) is 120 cm³/mol. The van der Waals surface area contributed by atoms with Gasteiger partial charge in [0, 0.05) is 36.8 Å². The van der Waals surface area contributed by atoms with Crippen molar-refractivity contribution in [2.75, 3.05) is 27.2 Å². The van der Waals surface area contributed by atoms with Crippen LogP contribution in [0.15, 0.2) is 53.4 Å². The number of carbonyl (C=O) groups is 2. The van der Waals surface area contributed by atoms with Crippen LogP contribution in [-0.4, -0.2) is 63.1 Å². The maximum Gasteiger partial charge on any atom is 0.253 e. The predicted octanol–water partition coefficient (Wildman–Crippen LogP) is 2.53. The molecule has 1 heterocycles. The maximum atomic E-state index is 12.8. The number of nitrogens with one attached hydrogen (secondary N) is 1. The molecule has 0 spiro atoms. The molecule has 7 nitrogen and oxygen atoms in total. The molecule has 2 aromatic rings. The van der Waals surface area contributed by atoms with Crippen molar-refractivity contribution in [1.82, 2.24) is 14.5 Å². The third kappa shape index (κ3) is 5.78. The first-order valence-electron chi connectivity index (χ1n) is 10.3. The number of Topliss-reactive ketones (excluding diaryl/α,β-unsaturated/α-hetero) is 1. The molecule has 1 atom stereocenters. The standard InChI is InChI=1S/C23H29N3O4S/c1-17(27)19-10-12-22(13-11-19)31(29,30)24-15-18-6-8-20(9-7-18)23(28)26-14-4-5-21(16-26)25(2)3/h6-13,21,24H,4-5,14-16H2,1-3H3. The van der Waals surface area contributed by atoms with E-state index in [2.05, 4.69) is 9.62 Å². The summed E-state index contributed by atoms with van der Waals surface area (Å²) < 4.78 is 27.5. The first-order valence-corrected chi connectivity index (χ1v) is 11.8. The number of hydrogen-bond acceptors (Lipinski definition) is 5. The number of likely N-dealkylation sites (tertiary alicyclic amines) is 1. The van der Waals surface area contributed by atoms with Crippen LogP contribution in [-0.2, 0) is 16.6 Å². The molecule has 0 aliphatic carbocycles. The van der Waals surface area contributed by atoms with Crippen LogP contribution in [0, 0.1) is 0 Å². The first-order chi connectivity index (χ1) is 14.7. The van der Waals surface area contributed by atoms with E-state index in [4.69, 9.17) is 0 Å². The topological polar surface area (TPSA) is 86.8 Å². The molecule has 1 unspecified atom stereocenters. The van der Waals surface area contributed by atoms with Gasteiger partial charge in [0.1, 0.15) is 0 Å². The summed E-state index contributed by atoms with van der Waals surface area (Å²) >= 11 is 0. The molecule has 1 aliphatic heterocycles. The summed E-state index contributed by atoms with van der Waals surface area (Å²) in [6.45, 7) is 3.02. The van der Waals surface area contributed by atoms with Crippen LogP contribution >= 0.6 is 0 Å². The Bertz CT molecular complexity index is 1030. The molecule has 0 saturated carbocycles. The molecule has 0 radical (unpaired) electrons. The molecular weight excluding hydrogens is 414 g/mol. The highest BCUT2D eigenvalue weighted by Crippen LogP contribution is 2.17. The summed E-state index contributed by atoms with van der Waals surface area (Å²) in [5, 5.41) is 0. The molecule has 3 rings (SSSR count). The first kappa shape index (κ1) is 23.1. The zero-order valence-corrected chi connectivity index (χ0v) is 19.0. The normalized spacial score (nSPS) is 17.0. The number of benzene rings is 2. The minimum atomic E-state index is -3.70. The van der Waals surface area contributed by atoms with Gasteiger partial charge in [0.2, 0.25) is 10.0 Å². The fraction of sp³-hybridized carbons (Fsp3) is 0.391. The van der Waals surface area contributed by atoms with Crippen LogP contribution in [0.1, 0.15) is 46.0 Å². The molecular formula is C23H29N3O4S. The number of carbonyl (C=O) groups excluding carboxylic acids is 2. The average molecular weight is 444 g/mol. The highest BCUT2D eigenvalue weighted by atomic mass is 32.2. The largest absolute Gasteiger partial charge is 0.337 e. The second kappa shape index (κ2) is 9.72. The van der Waals surface area contributed by atoms with Gasteiger partial charge in [-0.25, -0.2) is 13.1 Å². The summed E-state index contributed by atoms with van der Waals surface area (Å²) in [6, 6.07) is 13.2. The van der Waals surface area contributed by atoms with Crippen LogP contribution in [0.4, 0.5) is 0 Å². The van der Waals surface area contributed by atoms with Gasteiger partial charge in [-0.15, -0.1) is 0 Å². The van der Waals surface area contributed by atoms with E-state index in [0.717, 1.165) is 31.5 Å². The second-order valence-electron chi connectivity index (χ2n) is 8.11. The van der Waals surface area contributed by atoms with E-state index in [0.29, 0.717) is 17.2 Å². The Kier molecular flexibility index (Phi) is 7.25. The minimum absolute atomic E-state index is 0.00393. The molecule has 8 heteroatoms. The van der Waals surface area contributed by atoms with Crippen molar-refractivity contribution >= 4 is 21.7 Å². The van der Waals surface area contributed by atoms with E-state index < -0.39 is 10.0 Å². The average Bonchev–Trinajstić information content (AvgIpc) is 2.77. The highest BCUT2D eigenvalue weighted by molar-refractivity contribution is 7.89. The number of piperidine rings is 1. The number of rotatable bonds is 7. The molecule has 1 saturated heterocycles. The van der Waals surface area contributed by atoms with E-state index in [1.807, 2.05) is 19.0 Å². The van der Waals surface area contributed by atoms with Crippen LogP contribution in [0.5, 0.6) is 0 Å². The van der Waals surface area contributed by atoms with Gasteiger partial charge in [0.25, 0.3) is 5.91 Å². The van der Waals surface area contributed by atoms with Crippen molar-refractivity contribution in [1.29, 1.82) is 0 Å². The Morgan fingerprint density at radius 3 is 2.23 bits per heavy atom. The SMILES string of the molecule is CC(=O)c1ccc(S(=O)(=O)NCc2ccc(C(=O)N3CCCC(N(C)C)C3)cc2)cc1. The van der Waals surface area contributed by atoms with Gasteiger partial charge >= 0.3 is 0 Å². The summed E-state index contributed by atoms with van der Waals surface area (Å²) in [5.41, 5.74) is 1.82. The van der Waals surface area contributed by atoms with E-state index >= 15 is 0 Å². The number of hydrogen-bond donors (Lipinski definition) is 1. The molecule has 2 aromatic carbocycles. The molecule has 166 valence electrons. The molecule has 1 aliphatic rings. The number of amides is 1. The molecule has 1 N–H and O–H groups in total. The molecule has 0 aromatic heterocycles. The fourth-order valence-electron chi connectivity index (χ4n) is 3.64. The van der Waals surface area contributed by atoms with Crippen LogP contribution < -0.4 is 4.72 Å². The lowest BCUT2D eigenvalue weighted by Gasteiger charge is -2.36. The Labute approximate surface area is 184 Å². The second-order valence-corrected chi connectivity index (χ2v) is 9.88. The zero-order chi connectivity index (χ0) is 22.6. The Balaban J connectivity index is 1.61. The number of sulfonamides is 1. The van der Waals surface area contributed by atoms with Crippen molar-refractivity contribution < 1.29 is 18.0 Å². The molecule has 1 fully saturated rings. The van der Waals surface area contributed by atoms with Gasteiger partial charge < -0.3 is 9.80 Å². The number of nitrogens with zero attached hydrogens (tertiary/aromatic N) is 2. The van der Waals surface area contributed by atoms with Gasteiger partial charge in [-0.3, -0.25) is 9.59 Å². The highest BCUT2D eigenvalue weighted by Gasteiger charge is 2.25. The quantitative estimate of drug-likeness (QED) is 0.665. The minimum Gasteiger partial charge on any atom is -0.337 e. The van der Waals surface area contributed by atoms with Crippen LogP contribution in [0.2, 0.25) is 0 Å². The Hall–Kier alpha value is -2.55. The third-order valence-corrected chi connectivity index (χ3v) is 7.07. The monoisotopic (exact) mass is 443 g/mol. The summed E-state index contributed by atoms with van der Waals surface area (Å²) in [7, 11) is 0.368. The molecule has 1 amide bonds. The summed E-state index contributed by atoms with van der Waals surface area (Å²) in [5.74, 6) is -0.113. The van der Waals surface area contributed by atoms with Crippen LogP contribution in [0.3, 0.4) is 0 Å². The lowest BCUT2D eigenvalue weighted by Crippen LogP contribution is -2.47. The van der Waals surface area contributed by atoms with E-state index in [9.17, 15) is 18.0 Å². The van der Waals surface area contributed by atoms with Crippen molar-refractivity contribution in [3.8, 4) is 0 Å².